The van der Waals surface area contributed by atoms with Gasteiger partial charge in [-0.1, -0.05) is 6.92 Å². The van der Waals surface area contributed by atoms with E-state index in [1.807, 2.05) is 20.0 Å². The van der Waals surface area contributed by atoms with Crippen molar-refractivity contribution < 1.29 is 9.53 Å². The predicted octanol–water partition coefficient (Wildman–Crippen LogP) is 1.74. The van der Waals surface area contributed by atoms with Crippen LogP contribution in [0.4, 0.5) is 5.82 Å². The van der Waals surface area contributed by atoms with Crippen molar-refractivity contribution in [1.82, 2.24) is 10.3 Å². The Morgan fingerprint density at radius 2 is 2.30 bits per heavy atom. The summed E-state index contributed by atoms with van der Waals surface area (Å²) in [5, 5.41) is 6.11. The molecule has 3 atom stereocenters. The van der Waals surface area contributed by atoms with Crippen LogP contribution in [0.3, 0.4) is 0 Å². The van der Waals surface area contributed by atoms with Crippen molar-refractivity contribution in [2.75, 3.05) is 12.4 Å². The molecule has 108 valence electrons. The molecule has 5 nitrogen and oxygen atoms in total. The number of fused-ring (bicyclic) bond motifs is 2. The number of aryl methyl sites for hydroxylation is 1. The molecule has 5 heteroatoms. The zero-order valence-corrected chi connectivity index (χ0v) is 12.0. The second kappa shape index (κ2) is 5.40. The quantitative estimate of drug-likeness (QED) is 0.878. The number of carbonyl (C=O) groups excluding carboxylic acids is 1. The highest BCUT2D eigenvalue weighted by Gasteiger charge is 2.41. The summed E-state index contributed by atoms with van der Waals surface area (Å²) in [5.41, 5.74) is 1.59. The summed E-state index contributed by atoms with van der Waals surface area (Å²) in [4.78, 5) is 16.8. The first-order valence-electron chi connectivity index (χ1n) is 7.34. The highest BCUT2D eigenvalue weighted by atomic mass is 16.5. The lowest BCUT2D eigenvalue weighted by molar-refractivity contribution is 0.0841. The van der Waals surface area contributed by atoms with Crippen molar-refractivity contribution in [3.63, 3.8) is 0 Å². The first-order valence-corrected chi connectivity index (χ1v) is 7.34. The van der Waals surface area contributed by atoms with E-state index in [0.717, 1.165) is 37.2 Å². The van der Waals surface area contributed by atoms with E-state index in [0.29, 0.717) is 11.7 Å². The number of rotatable bonds is 4. The van der Waals surface area contributed by atoms with Crippen LogP contribution in [0.2, 0.25) is 0 Å². The number of aromatic nitrogens is 1. The number of hydrogen-bond acceptors (Lipinski definition) is 4. The molecule has 0 aliphatic carbocycles. The fourth-order valence-corrected chi connectivity index (χ4v) is 3.07. The molecule has 0 radical (unpaired) electrons. The van der Waals surface area contributed by atoms with Crippen LogP contribution in [-0.4, -0.2) is 36.2 Å². The smallest absolute Gasteiger partial charge is 0.251 e. The lowest BCUT2D eigenvalue weighted by Gasteiger charge is -2.20. The van der Waals surface area contributed by atoms with Gasteiger partial charge in [-0.05, 0) is 37.8 Å². The summed E-state index contributed by atoms with van der Waals surface area (Å²) in [7, 11) is 1.81. The molecule has 1 aromatic heterocycles. The molecule has 0 spiro atoms. The van der Waals surface area contributed by atoms with E-state index >= 15 is 0 Å². The van der Waals surface area contributed by atoms with Gasteiger partial charge in [-0.15, -0.1) is 0 Å². The normalized spacial score (nSPS) is 27.6. The third kappa shape index (κ3) is 2.50. The van der Waals surface area contributed by atoms with E-state index in [1.165, 1.54) is 0 Å². The summed E-state index contributed by atoms with van der Waals surface area (Å²) in [6.07, 6.45) is 4.51. The number of carbonyl (C=O) groups is 1. The van der Waals surface area contributed by atoms with Crippen molar-refractivity contribution in [1.29, 1.82) is 0 Å². The van der Waals surface area contributed by atoms with Gasteiger partial charge in [-0.25, -0.2) is 4.98 Å². The Morgan fingerprint density at radius 1 is 1.45 bits per heavy atom. The summed E-state index contributed by atoms with van der Waals surface area (Å²) < 4.78 is 5.77. The molecule has 2 aliphatic rings. The maximum absolute atomic E-state index is 12.4. The van der Waals surface area contributed by atoms with Crippen LogP contribution >= 0.6 is 0 Å². The molecule has 2 N–H and O–H groups in total. The maximum Gasteiger partial charge on any atom is 0.251 e. The number of nitrogens with zero attached hydrogens (tertiary/aromatic N) is 1. The minimum Gasteiger partial charge on any atom is -0.373 e. The average Bonchev–Trinajstić information content (AvgIpc) is 3.09. The van der Waals surface area contributed by atoms with Crippen molar-refractivity contribution in [3.05, 3.63) is 23.4 Å². The van der Waals surface area contributed by atoms with Crippen molar-refractivity contribution in [2.24, 2.45) is 0 Å². The van der Waals surface area contributed by atoms with Crippen LogP contribution in [0.5, 0.6) is 0 Å². The minimum absolute atomic E-state index is 0.0280. The molecule has 3 unspecified atom stereocenters. The molecule has 2 fully saturated rings. The summed E-state index contributed by atoms with van der Waals surface area (Å²) in [6, 6.07) is 3.82. The fraction of sp³-hybridized carbons (Fsp3) is 0.600. The Morgan fingerprint density at radius 3 is 2.90 bits per heavy atom. The van der Waals surface area contributed by atoms with E-state index in [1.54, 1.807) is 6.07 Å². The lowest BCUT2D eigenvalue weighted by Crippen LogP contribution is -2.41. The predicted molar refractivity (Wildman–Crippen MR) is 76.9 cm³/mol. The van der Waals surface area contributed by atoms with Crippen LogP contribution in [0.25, 0.3) is 0 Å². The van der Waals surface area contributed by atoms with Gasteiger partial charge in [0.1, 0.15) is 5.82 Å². The molecular formula is C15H21N3O2. The number of ether oxygens (including phenoxy) is 1. The van der Waals surface area contributed by atoms with E-state index in [-0.39, 0.29) is 18.1 Å². The van der Waals surface area contributed by atoms with Gasteiger partial charge >= 0.3 is 0 Å². The van der Waals surface area contributed by atoms with Crippen LogP contribution in [0.15, 0.2) is 12.1 Å². The van der Waals surface area contributed by atoms with Gasteiger partial charge in [-0.3, -0.25) is 4.79 Å². The monoisotopic (exact) mass is 275 g/mol. The molecule has 2 bridgehead atoms. The van der Waals surface area contributed by atoms with Crippen LogP contribution in [0.1, 0.15) is 42.2 Å². The van der Waals surface area contributed by atoms with Crippen LogP contribution in [-0.2, 0) is 11.2 Å². The standard InChI is InChI=1S/C15H21N3O2/c1-3-10-6-9(7-14(16-2)17-10)15(19)18-12-8-11-4-5-13(12)20-11/h6-7,11-13H,3-5,8H2,1-2H3,(H,16,17)(H,18,19). The number of pyridine rings is 1. The van der Waals surface area contributed by atoms with Crippen molar-refractivity contribution in [3.8, 4) is 0 Å². The van der Waals surface area contributed by atoms with E-state index in [4.69, 9.17) is 4.74 Å². The summed E-state index contributed by atoms with van der Waals surface area (Å²) >= 11 is 0. The Bertz CT molecular complexity index is 496. The zero-order chi connectivity index (χ0) is 14.1. The molecule has 2 saturated heterocycles. The molecule has 2 aliphatic heterocycles. The largest absolute Gasteiger partial charge is 0.373 e. The van der Waals surface area contributed by atoms with E-state index in [9.17, 15) is 4.79 Å². The zero-order valence-electron chi connectivity index (χ0n) is 12.0. The topological polar surface area (TPSA) is 63.2 Å². The molecular weight excluding hydrogens is 254 g/mol. The van der Waals surface area contributed by atoms with E-state index < -0.39 is 0 Å². The van der Waals surface area contributed by atoms with Gasteiger partial charge in [0.25, 0.3) is 5.91 Å². The SMILES string of the molecule is CCc1cc(C(=O)NC2CC3CCC2O3)cc(NC)n1. The Hall–Kier alpha value is -1.62. The first kappa shape index (κ1) is 13.4. The van der Waals surface area contributed by atoms with Crippen LogP contribution < -0.4 is 10.6 Å². The van der Waals surface area contributed by atoms with Gasteiger partial charge in [-0.2, -0.15) is 0 Å². The first-order chi connectivity index (χ1) is 9.69. The highest BCUT2D eigenvalue weighted by Crippen LogP contribution is 2.34. The number of anilines is 1. The molecule has 3 rings (SSSR count). The number of nitrogens with one attached hydrogen (secondary N) is 2. The van der Waals surface area contributed by atoms with Gasteiger partial charge in [0.2, 0.25) is 0 Å². The lowest BCUT2D eigenvalue weighted by atomic mass is 9.95. The van der Waals surface area contributed by atoms with Gasteiger partial charge in [0, 0.05) is 18.3 Å². The molecule has 1 aromatic rings. The maximum atomic E-state index is 12.4. The Labute approximate surface area is 119 Å². The Balaban J connectivity index is 1.73. The second-order valence-corrected chi connectivity index (χ2v) is 5.53. The molecule has 0 aromatic carbocycles. The van der Waals surface area contributed by atoms with Gasteiger partial charge < -0.3 is 15.4 Å². The van der Waals surface area contributed by atoms with Gasteiger partial charge in [0.15, 0.2) is 0 Å². The fourth-order valence-electron chi connectivity index (χ4n) is 3.07. The highest BCUT2D eigenvalue weighted by molar-refractivity contribution is 5.95. The van der Waals surface area contributed by atoms with Gasteiger partial charge in [0.05, 0.1) is 18.2 Å². The number of hydrogen-bond donors (Lipinski definition) is 2. The third-order valence-corrected chi connectivity index (χ3v) is 4.18. The van der Waals surface area contributed by atoms with Crippen molar-refractivity contribution in [2.45, 2.75) is 50.9 Å². The number of amides is 1. The minimum atomic E-state index is -0.0280. The molecule has 0 saturated carbocycles. The molecule has 3 heterocycles. The summed E-state index contributed by atoms with van der Waals surface area (Å²) in [5.74, 6) is 0.707. The average molecular weight is 275 g/mol. The molecule has 1 amide bonds. The summed E-state index contributed by atoms with van der Waals surface area (Å²) in [6.45, 7) is 2.03. The van der Waals surface area contributed by atoms with Crippen LogP contribution in [0, 0.1) is 0 Å². The molecule has 20 heavy (non-hydrogen) atoms. The second-order valence-electron chi connectivity index (χ2n) is 5.53. The van der Waals surface area contributed by atoms with E-state index in [2.05, 4.69) is 15.6 Å². The van der Waals surface area contributed by atoms with Crippen molar-refractivity contribution >= 4 is 11.7 Å². The Kier molecular flexibility index (Phi) is 3.61. The third-order valence-electron chi connectivity index (χ3n) is 4.18.